The zero-order valence-electron chi connectivity index (χ0n) is 11.0. The molecule has 2 rings (SSSR count). The fourth-order valence-electron chi connectivity index (χ4n) is 1.65. The molecule has 1 N–H and O–H groups in total. The van der Waals surface area contributed by atoms with Gasteiger partial charge in [0.15, 0.2) is 5.17 Å². The topological polar surface area (TPSA) is 46.5 Å². The van der Waals surface area contributed by atoms with Gasteiger partial charge in [-0.1, -0.05) is 31.7 Å². The molecular weight excluding hydrogens is 246 g/mol. The van der Waals surface area contributed by atoms with Crippen molar-refractivity contribution >= 4 is 16.9 Å². The summed E-state index contributed by atoms with van der Waals surface area (Å²) in [7, 11) is 1.62. The molecule has 0 saturated heterocycles. The van der Waals surface area contributed by atoms with Crippen molar-refractivity contribution in [2.24, 2.45) is 10.9 Å². The number of nitrogens with one attached hydrogen (secondary N) is 1. The van der Waals surface area contributed by atoms with Crippen LogP contribution in [0.4, 0.5) is 0 Å². The van der Waals surface area contributed by atoms with Crippen molar-refractivity contribution in [3.63, 3.8) is 0 Å². The van der Waals surface area contributed by atoms with E-state index >= 15 is 0 Å². The first-order chi connectivity index (χ1) is 8.69. The number of hydrogen-bond donors (Lipinski definition) is 1. The van der Waals surface area contributed by atoms with Crippen LogP contribution in [0.2, 0.25) is 0 Å². The number of pyridine rings is 1. The molecule has 0 radical (unpaired) electrons. The van der Waals surface area contributed by atoms with Gasteiger partial charge >= 0.3 is 0 Å². The summed E-state index contributed by atoms with van der Waals surface area (Å²) < 4.78 is 5.03. The van der Waals surface area contributed by atoms with E-state index in [0.717, 1.165) is 23.8 Å². The summed E-state index contributed by atoms with van der Waals surface area (Å²) >= 11 is 1.84. The molecule has 0 aromatic carbocycles. The maximum absolute atomic E-state index is 5.03. The standard InChI is InChI=1S/C13H19N3OS/c1-9(2)11-8-16-13(18-11)15-7-10-4-5-12(17-3)14-6-10/h4-6,9,11H,7-8H2,1-3H3,(H,15,16). The summed E-state index contributed by atoms with van der Waals surface area (Å²) in [5, 5.41) is 5.01. The third kappa shape index (κ3) is 3.38. The molecular formula is C13H19N3OS. The van der Waals surface area contributed by atoms with Gasteiger partial charge in [-0.2, -0.15) is 0 Å². The smallest absolute Gasteiger partial charge is 0.212 e. The molecule has 0 spiro atoms. The van der Waals surface area contributed by atoms with Crippen molar-refractivity contribution in [3.05, 3.63) is 23.9 Å². The van der Waals surface area contributed by atoms with E-state index in [9.17, 15) is 0 Å². The zero-order valence-corrected chi connectivity index (χ0v) is 11.8. The first-order valence-corrected chi connectivity index (χ1v) is 7.01. The van der Waals surface area contributed by atoms with E-state index in [-0.39, 0.29) is 0 Å². The molecule has 0 bridgehead atoms. The van der Waals surface area contributed by atoms with Gasteiger partial charge in [0, 0.05) is 24.1 Å². The number of amidine groups is 1. The van der Waals surface area contributed by atoms with Gasteiger partial charge in [-0.05, 0) is 11.5 Å². The maximum atomic E-state index is 5.03. The summed E-state index contributed by atoms with van der Waals surface area (Å²) in [5.74, 6) is 1.31. The van der Waals surface area contributed by atoms with Crippen molar-refractivity contribution in [1.29, 1.82) is 0 Å². The normalized spacial score (nSPS) is 18.9. The van der Waals surface area contributed by atoms with Crippen LogP contribution in [-0.4, -0.2) is 29.1 Å². The molecule has 0 amide bonds. The largest absolute Gasteiger partial charge is 0.481 e. The van der Waals surface area contributed by atoms with Gasteiger partial charge in [-0.15, -0.1) is 0 Å². The lowest BCUT2D eigenvalue weighted by Gasteiger charge is -2.12. The Morgan fingerprint density at radius 3 is 2.89 bits per heavy atom. The van der Waals surface area contributed by atoms with Crippen molar-refractivity contribution in [2.45, 2.75) is 25.6 Å². The number of aromatic nitrogens is 1. The Morgan fingerprint density at radius 2 is 2.33 bits per heavy atom. The second-order valence-corrected chi connectivity index (χ2v) is 5.84. The summed E-state index contributed by atoms with van der Waals surface area (Å²) in [5.41, 5.74) is 1.13. The van der Waals surface area contributed by atoms with Gasteiger partial charge < -0.3 is 10.1 Å². The zero-order chi connectivity index (χ0) is 13.0. The van der Waals surface area contributed by atoms with Gasteiger partial charge in [-0.25, -0.2) is 4.98 Å². The lowest BCUT2D eigenvalue weighted by molar-refractivity contribution is 0.397. The molecule has 5 heteroatoms. The SMILES string of the molecule is COc1ccc(CNC2=NCC(C(C)C)S2)cn1. The lowest BCUT2D eigenvalue weighted by atomic mass is 10.1. The van der Waals surface area contributed by atoms with Gasteiger partial charge in [0.2, 0.25) is 5.88 Å². The number of rotatable bonds is 4. The molecule has 1 atom stereocenters. The maximum Gasteiger partial charge on any atom is 0.212 e. The summed E-state index contributed by atoms with van der Waals surface area (Å²) in [6, 6.07) is 3.89. The van der Waals surface area contributed by atoms with Crippen LogP contribution < -0.4 is 10.1 Å². The van der Waals surface area contributed by atoms with Crippen LogP contribution >= 0.6 is 11.8 Å². The second-order valence-electron chi connectivity index (χ2n) is 4.61. The highest BCUT2D eigenvalue weighted by Crippen LogP contribution is 2.25. The van der Waals surface area contributed by atoms with Gasteiger partial charge in [-0.3, -0.25) is 4.99 Å². The molecule has 1 aromatic rings. The molecule has 1 aliphatic rings. The predicted octanol–water partition coefficient (Wildman–Crippen LogP) is 2.31. The molecule has 1 aliphatic heterocycles. The van der Waals surface area contributed by atoms with Gasteiger partial charge in [0.25, 0.3) is 0 Å². The first-order valence-electron chi connectivity index (χ1n) is 6.13. The number of nitrogens with zero attached hydrogens (tertiary/aromatic N) is 2. The average molecular weight is 265 g/mol. The lowest BCUT2D eigenvalue weighted by Crippen LogP contribution is -2.20. The Bertz CT molecular complexity index is 417. The minimum absolute atomic E-state index is 0.612. The van der Waals surface area contributed by atoms with Crippen molar-refractivity contribution < 1.29 is 4.74 Å². The molecule has 0 aliphatic carbocycles. The summed E-state index contributed by atoms with van der Waals surface area (Å²) in [6.45, 7) is 6.16. The monoisotopic (exact) mass is 265 g/mol. The number of methoxy groups -OCH3 is 1. The minimum atomic E-state index is 0.612. The van der Waals surface area contributed by atoms with E-state index in [4.69, 9.17) is 4.74 Å². The number of thioether (sulfide) groups is 1. The molecule has 98 valence electrons. The van der Waals surface area contributed by atoms with E-state index < -0.39 is 0 Å². The number of ether oxygens (including phenoxy) is 1. The molecule has 18 heavy (non-hydrogen) atoms. The third-order valence-electron chi connectivity index (χ3n) is 2.87. The molecule has 1 unspecified atom stereocenters. The van der Waals surface area contributed by atoms with E-state index in [0.29, 0.717) is 17.0 Å². The van der Waals surface area contributed by atoms with Crippen LogP contribution in [0, 0.1) is 5.92 Å². The fourth-order valence-corrected chi connectivity index (χ4v) is 2.66. The van der Waals surface area contributed by atoms with Crippen LogP contribution in [0.3, 0.4) is 0 Å². The van der Waals surface area contributed by atoms with Gasteiger partial charge in [0.1, 0.15) is 0 Å². The highest BCUT2D eigenvalue weighted by molar-refractivity contribution is 8.14. The fraction of sp³-hybridized carbons (Fsp3) is 0.538. The number of hydrogen-bond acceptors (Lipinski definition) is 5. The average Bonchev–Trinajstić information content (AvgIpc) is 2.86. The molecule has 0 fully saturated rings. The van der Waals surface area contributed by atoms with Crippen LogP contribution in [0.25, 0.3) is 0 Å². The molecule has 1 aromatic heterocycles. The highest BCUT2D eigenvalue weighted by Gasteiger charge is 2.22. The molecule has 2 heterocycles. The van der Waals surface area contributed by atoms with Gasteiger partial charge in [0.05, 0.1) is 13.7 Å². The number of aliphatic imine (C=N–C) groups is 1. The van der Waals surface area contributed by atoms with E-state index in [1.807, 2.05) is 30.1 Å². The Morgan fingerprint density at radius 1 is 1.50 bits per heavy atom. The summed E-state index contributed by atoms with van der Waals surface area (Å²) in [6.07, 6.45) is 1.83. The van der Waals surface area contributed by atoms with E-state index in [1.54, 1.807) is 7.11 Å². The Kier molecular flexibility index (Phi) is 4.47. The van der Waals surface area contributed by atoms with Crippen LogP contribution in [0.15, 0.2) is 23.3 Å². The van der Waals surface area contributed by atoms with Crippen LogP contribution in [-0.2, 0) is 6.54 Å². The van der Waals surface area contributed by atoms with Crippen molar-refractivity contribution in [2.75, 3.05) is 13.7 Å². The molecule has 4 nitrogen and oxygen atoms in total. The quantitative estimate of drug-likeness (QED) is 0.907. The Hall–Kier alpha value is -1.23. The second kappa shape index (κ2) is 6.09. The summed E-state index contributed by atoms with van der Waals surface area (Å²) in [4.78, 5) is 8.69. The van der Waals surface area contributed by atoms with Crippen molar-refractivity contribution in [1.82, 2.24) is 10.3 Å². The van der Waals surface area contributed by atoms with E-state index in [1.165, 1.54) is 0 Å². The van der Waals surface area contributed by atoms with Crippen molar-refractivity contribution in [3.8, 4) is 5.88 Å². The Balaban J connectivity index is 1.81. The highest BCUT2D eigenvalue weighted by atomic mass is 32.2. The van der Waals surface area contributed by atoms with Crippen LogP contribution in [0.5, 0.6) is 5.88 Å². The first kappa shape index (κ1) is 13.2. The predicted molar refractivity (Wildman–Crippen MR) is 76.1 cm³/mol. The minimum Gasteiger partial charge on any atom is -0.481 e. The van der Waals surface area contributed by atoms with Crippen LogP contribution in [0.1, 0.15) is 19.4 Å². The Labute approximate surface area is 112 Å². The van der Waals surface area contributed by atoms with E-state index in [2.05, 4.69) is 29.1 Å². The molecule has 0 saturated carbocycles. The third-order valence-corrected chi connectivity index (χ3v) is 4.36.